The molecule has 0 fully saturated rings. The summed E-state index contributed by atoms with van der Waals surface area (Å²) in [4.78, 5) is 11.3. The van der Waals surface area contributed by atoms with Crippen LogP contribution in [0.5, 0.6) is 0 Å². The van der Waals surface area contributed by atoms with Crippen molar-refractivity contribution in [2.24, 2.45) is 7.05 Å². The zero-order chi connectivity index (χ0) is 14.0. The molecule has 2 rings (SSSR count). The van der Waals surface area contributed by atoms with Crippen molar-refractivity contribution in [2.45, 2.75) is 20.4 Å². The monoisotopic (exact) mass is 262 g/mol. The van der Waals surface area contributed by atoms with Crippen molar-refractivity contribution in [3.8, 4) is 0 Å². The highest BCUT2D eigenvalue weighted by atomic mass is 16.4. The Balaban J connectivity index is 2.28. The molecule has 0 aliphatic carbocycles. The van der Waals surface area contributed by atoms with Gasteiger partial charge < -0.3 is 15.0 Å². The van der Waals surface area contributed by atoms with E-state index in [-0.39, 0.29) is 11.4 Å². The van der Waals surface area contributed by atoms with E-state index in [4.69, 9.17) is 0 Å². The Morgan fingerprint density at radius 1 is 1.37 bits per heavy atom. The van der Waals surface area contributed by atoms with Crippen molar-refractivity contribution in [3.63, 3.8) is 0 Å². The van der Waals surface area contributed by atoms with E-state index >= 15 is 0 Å². The van der Waals surface area contributed by atoms with Crippen LogP contribution in [-0.2, 0) is 13.6 Å². The number of hydrogen-bond acceptors (Lipinski definition) is 6. The normalized spacial score (nSPS) is 10.5. The molecule has 2 aromatic heterocycles. The summed E-state index contributed by atoms with van der Waals surface area (Å²) < 4.78 is 1.74. The van der Waals surface area contributed by atoms with E-state index in [9.17, 15) is 9.90 Å². The minimum absolute atomic E-state index is 0.134. The highest BCUT2D eigenvalue weighted by Gasteiger charge is 2.17. The van der Waals surface area contributed by atoms with Crippen LogP contribution in [0.2, 0.25) is 0 Å². The lowest BCUT2D eigenvalue weighted by molar-refractivity contribution is 0.0696. The van der Waals surface area contributed by atoms with Crippen LogP contribution in [0.25, 0.3) is 0 Å². The van der Waals surface area contributed by atoms with Gasteiger partial charge in [-0.1, -0.05) is 0 Å². The zero-order valence-corrected chi connectivity index (χ0v) is 10.9. The van der Waals surface area contributed by atoms with E-state index in [0.717, 1.165) is 0 Å². The Labute approximate surface area is 109 Å². The third-order valence-electron chi connectivity index (χ3n) is 2.89. The lowest BCUT2D eigenvalue weighted by Crippen LogP contribution is -2.14. The van der Waals surface area contributed by atoms with Gasteiger partial charge in [0.1, 0.15) is 11.9 Å². The first-order chi connectivity index (χ1) is 9.00. The van der Waals surface area contributed by atoms with Crippen LogP contribution in [0.15, 0.2) is 6.33 Å². The molecule has 0 aliphatic rings. The number of carboxylic acid groups (broad SMARTS) is 1. The van der Waals surface area contributed by atoms with Crippen molar-refractivity contribution < 1.29 is 9.90 Å². The van der Waals surface area contributed by atoms with Crippen LogP contribution in [0, 0.1) is 13.8 Å². The van der Waals surface area contributed by atoms with Crippen molar-refractivity contribution in [3.05, 3.63) is 29.0 Å². The SMILES string of the molecule is Cc1nnc(NCc2nncn2C)c(C(=O)O)c1C. The number of aromatic nitrogens is 5. The summed E-state index contributed by atoms with van der Waals surface area (Å²) in [6.45, 7) is 3.76. The van der Waals surface area contributed by atoms with Crippen LogP contribution in [0.1, 0.15) is 27.4 Å². The Morgan fingerprint density at radius 3 is 2.68 bits per heavy atom. The van der Waals surface area contributed by atoms with Gasteiger partial charge in [-0.05, 0) is 19.4 Å². The highest BCUT2D eigenvalue weighted by molar-refractivity contribution is 5.94. The summed E-state index contributed by atoms with van der Waals surface area (Å²) in [6.07, 6.45) is 1.57. The van der Waals surface area contributed by atoms with E-state index < -0.39 is 5.97 Å². The van der Waals surface area contributed by atoms with Gasteiger partial charge in [-0.25, -0.2) is 4.79 Å². The largest absolute Gasteiger partial charge is 0.478 e. The van der Waals surface area contributed by atoms with Crippen LogP contribution in [0.3, 0.4) is 0 Å². The van der Waals surface area contributed by atoms with Crippen LogP contribution < -0.4 is 5.32 Å². The van der Waals surface area contributed by atoms with Gasteiger partial charge in [-0.3, -0.25) is 0 Å². The molecule has 0 aliphatic heterocycles. The van der Waals surface area contributed by atoms with Gasteiger partial charge in [0.15, 0.2) is 11.6 Å². The minimum atomic E-state index is -1.03. The lowest BCUT2D eigenvalue weighted by Gasteiger charge is -2.10. The first-order valence-electron chi connectivity index (χ1n) is 5.64. The number of carbonyl (C=O) groups is 1. The van der Waals surface area contributed by atoms with E-state index in [1.807, 2.05) is 0 Å². The molecule has 0 spiro atoms. The Hall–Kier alpha value is -2.51. The molecule has 2 aromatic rings. The molecule has 19 heavy (non-hydrogen) atoms. The molecular weight excluding hydrogens is 248 g/mol. The molecule has 0 bridgehead atoms. The van der Waals surface area contributed by atoms with E-state index in [1.165, 1.54) is 0 Å². The van der Waals surface area contributed by atoms with Crippen molar-refractivity contribution in [1.29, 1.82) is 0 Å². The third-order valence-corrected chi connectivity index (χ3v) is 2.89. The Kier molecular flexibility index (Phi) is 3.41. The molecular formula is C11H14N6O2. The molecule has 100 valence electrons. The smallest absolute Gasteiger partial charge is 0.339 e. The number of carboxylic acids is 1. The molecule has 2 N–H and O–H groups in total. The molecule has 0 atom stereocenters. The maximum atomic E-state index is 11.3. The van der Waals surface area contributed by atoms with Gasteiger partial charge in [0, 0.05) is 7.05 Å². The second kappa shape index (κ2) is 5.01. The number of hydrogen-bond donors (Lipinski definition) is 2. The number of rotatable bonds is 4. The van der Waals surface area contributed by atoms with Crippen molar-refractivity contribution in [1.82, 2.24) is 25.0 Å². The van der Waals surface area contributed by atoms with Gasteiger partial charge in [0.25, 0.3) is 0 Å². The maximum absolute atomic E-state index is 11.3. The summed E-state index contributed by atoms with van der Waals surface area (Å²) in [7, 11) is 1.81. The fraction of sp³-hybridized carbons (Fsp3) is 0.364. The predicted octanol–water partition coefficient (Wildman–Crippen LogP) is 0.532. The molecule has 0 unspecified atom stereocenters. The standard InChI is InChI=1S/C11H14N6O2/c1-6-7(2)14-16-10(9(6)11(18)19)12-4-8-15-13-5-17(8)3/h5H,4H2,1-3H3,(H,12,16)(H,18,19). The summed E-state index contributed by atoms with van der Waals surface area (Å²) >= 11 is 0. The van der Waals surface area contributed by atoms with Crippen LogP contribution >= 0.6 is 0 Å². The van der Waals surface area contributed by atoms with E-state index in [2.05, 4.69) is 25.7 Å². The maximum Gasteiger partial charge on any atom is 0.339 e. The van der Waals surface area contributed by atoms with E-state index in [0.29, 0.717) is 23.6 Å². The first-order valence-corrected chi connectivity index (χ1v) is 5.64. The van der Waals surface area contributed by atoms with Crippen molar-refractivity contribution in [2.75, 3.05) is 5.32 Å². The number of nitrogens with one attached hydrogen (secondary N) is 1. The summed E-state index contributed by atoms with van der Waals surface area (Å²) in [5.74, 6) is -0.120. The number of anilines is 1. The molecule has 0 aromatic carbocycles. The molecule has 8 heteroatoms. The molecule has 0 radical (unpaired) electrons. The second-order valence-corrected chi connectivity index (χ2v) is 4.15. The summed E-state index contributed by atoms with van der Waals surface area (Å²) in [6, 6.07) is 0. The molecule has 0 saturated heterocycles. The van der Waals surface area contributed by atoms with Gasteiger partial charge in [0.05, 0.1) is 12.2 Å². The number of aromatic carboxylic acids is 1. The van der Waals surface area contributed by atoms with Crippen LogP contribution in [-0.4, -0.2) is 36.0 Å². The molecule has 0 saturated carbocycles. The molecule has 2 heterocycles. The second-order valence-electron chi connectivity index (χ2n) is 4.15. The van der Waals surface area contributed by atoms with Gasteiger partial charge >= 0.3 is 5.97 Å². The van der Waals surface area contributed by atoms with Gasteiger partial charge in [-0.15, -0.1) is 15.3 Å². The molecule has 0 amide bonds. The summed E-state index contributed by atoms with van der Waals surface area (Å²) in [5.41, 5.74) is 1.33. The first kappa shape index (κ1) is 12.9. The average Bonchev–Trinajstić information content (AvgIpc) is 2.76. The van der Waals surface area contributed by atoms with Gasteiger partial charge in [-0.2, -0.15) is 5.10 Å². The topological polar surface area (TPSA) is 106 Å². The zero-order valence-electron chi connectivity index (χ0n) is 10.9. The Morgan fingerprint density at radius 2 is 2.11 bits per heavy atom. The summed E-state index contributed by atoms with van der Waals surface area (Å²) in [5, 5.41) is 27.6. The fourth-order valence-corrected chi connectivity index (χ4v) is 1.62. The number of nitrogens with zero attached hydrogens (tertiary/aromatic N) is 5. The third kappa shape index (κ3) is 2.51. The highest BCUT2D eigenvalue weighted by Crippen LogP contribution is 2.18. The lowest BCUT2D eigenvalue weighted by atomic mass is 10.1. The quantitative estimate of drug-likeness (QED) is 0.827. The average molecular weight is 262 g/mol. The minimum Gasteiger partial charge on any atom is -0.478 e. The number of aryl methyl sites for hydroxylation is 2. The Bertz CT molecular complexity index is 622. The van der Waals surface area contributed by atoms with Crippen LogP contribution in [0.4, 0.5) is 5.82 Å². The fourth-order valence-electron chi connectivity index (χ4n) is 1.62. The predicted molar refractivity (Wildman–Crippen MR) is 66.8 cm³/mol. The molecule has 8 nitrogen and oxygen atoms in total. The van der Waals surface area contributed by atoms with Crippen molar-refractivity contribution >= 4 is 11.8 Å². The van der Waals surface area contributed by atoms with Gasteiger partial charge in [0.2, 0.25) is 0 Å². The van der Waals surface area contributed by atoms with E-state index in [1.54, 1.807) is 31.8 Å².